The highest BCUT2D eigenvalue weighted by atomic mass is 32.2. The average molecular weight is 365 g/mol. The number of rotatable bonds is 8. The van der Waals surface area contributed by atoms with Crippen molar-refractivity contribution < 1.29 is 14.1 Å². The number of pyridine rings is 1. The summed E-state index contributed by atoms with van der Waals surface area (Å²) in [5.41, 5.74) is 0.241. The largest absolute Gasteiger partial charge is 0.345 e. The van der Waals surface area contributed by atoms with Gasteiger partial charge in [0.2, 0.25) is 29.1 Å². The van der Waals surface area contributed by atoms with Gasteiger partial charge < -0.3 is 20.1 Å². The summed E-state index contributed by atoms with van der Waals surface area (Å²) >= 11 is 1.59. The van der Waals surface area contributed by atoms with Crippen molar-refractivity contribution in [2.75, 3.05) is 12.0 Å². The molecule has 0 aliphatic heterocycles. The van der Waals surface area contributed by atoms with Crippen molar-refractivity contribution >= 4 is 23.6 Å². The van der Waals surface area contributed by atoms with Gasteiger partial charge in [0.05, 0.1) is 6.54 Å². The molecule has 3 N–H and O–H groups in total. The molecule has 2 aromatic rings. The molecular formula is C15H19N5O4S. The Kier molecular flexibility index (Phi) is 6.75. The lowest BCUT2D eigenvalue weighted by Gasteiger charge is -2.16. The number of carbonyl (C=O) groups excluding carboxylic acids is 2. The number of nitrogens with one attached hydrogen (secondary N) is 3. The normalized spacial score (nSPS) is 11.8. The maximum atomic E-state index is 12.2. The molecule has 134 valence electrons. The number of H-pyrrole nitrogens is 1. The molecule has 0 aliphatic carbocycles. The van der Waals surface area contributed by atoms with E-state index in [4.69, 9.17) is 4.52 Å². The lowest BCUT2D eigenvalue weighted by molar-refractivity contribution is -0.128. The quantitative estimate of drug-likeness (QED) is 0.613. The third-order valence-electron chi connectivity index (χ3n) is 3.22. The van der Waals surface area contributed by atoms with Crippen LogP contribution in [0.15, 0.2) is 27.6 Å². The second-order valence-corrected chi connectivity index (χ2v) is 6.19. The van der Waals surface area contributed by atoms with Crippen LogP contribution in [-0.4, -0.2) is 45.0 Å². The van der Waals surface area contributed by atoms with Crippen molar-refractivity contribution in [3.05, 3.63) is 34.6 Å². The van der Waals surface area contributed by atoms with Gasteiger partial charge in [-0.15, -0.1) is 0 Å². The molecular weight excluding hydrogens is 346 g/mol. The second-order valence-electron chi connectivity index (χ2n) is 5.21. The highest BCUT2D eigenvalue weighted by Gasteiger charge is 2.19. The lowest BCUT2D eigenvalue weighted by atomic mass is 10.2. The molecule has 2 rings (SSSR count). The minimum absolute atomic E-state index is 0.0321. The fraction of sp³-hybridized carbons (Fsp3) is 0.400. The minimum Gasteiger partial charge on any atom is -0.345 e. The number of carbonyl (C=O) groups is 2. The van der Waals surface area contributed by atoms with E-state index in [9.17, 15) is 14.4 Å². The highest BCUT2D eigenvalue weighted by molar-refractivity contribution is 7.98. The van der Waals surface area contributed by atoms with Crippen LogP contribution >= 0.6 is 11.8 Å². The molecule has 0 fully saturated rings. The summed E-state index contributed by atoms with van der Waals surface area (Å²) in [5.74, 6) is 0.619. The molecule has 0 aliphatic rings. The second kappa shape index (κ2) is 9.02. The van der Waals surface area contributed by atoms with Gasteiger partial charge in [0.25, 0.3) is 0 Å². The van der Waals surface area contributed by atoms with Gasteiger partial charge in [0.15, 0.2) is 0 Å². The molecule has 1 atom stereocenters. The Morgan fingerprint density at radius 3 is 2.92 bits per heavy atom. The van der Waals surface area contributed by atoms with Crippen LogP contribution in [0, 0.1) is 0 Å². The Bertz CT molecular complexity index is 788. The number of aromatic amines is 1. The minimum atomic E-state index is -0.611. The van der Waals surface area contributed by atoms with E-state index in [1.165, 1.54) is 19.2 Å². The third kappa shape index (κ3) is 5.75. The maximum Gasteiger partial charge on any atom is 0.248 e. The van der Waals surface area contributed by atoms with Gasteiger partial charge in [-0.25, -0.2) is 0 Å². The predicted octanol–water partition coefficient (Wildman–Crippen LogP) is 0.299. The average Bonchev–Trinajstić information content (AvgIpc) is 3.05. The Morgan fingerprint density at radius 1 is 1.44 bits per heavy atom. The smallest absolute Gasteiger partial charge is 0.248 e. The first-order chi connectivity index (χ1) is 12.0. The molecule has 2 heterocycles. The molecule has 0 spiro atoms. The fourth-order valence-electron chi connectivity index (χ4n) is 2.06. The van der Waals surface area contributed by atoms with E-state index in [1.807, 2.05) is 6.26 Å². The van der Waals surface area contributed by atoms with Gasteiger partial charge in [-0.2, -0.15) is 16.7 Å². The SMILES string of the molecule is CSCCC(NC(C)=O)C(=O)NCc1nc(-c2cc[nH]c(=O)c2)no1. The molecule has 2 aromatic heterocycles. The van der Waals surface area contributed by atoms with Crippen LogP contribution < -0.4 is 16.2 Å². The van der Waals surface area contributed by atoms with Gasteiger partial charge in [-0.05, 0) is 24.5 Å². The standard InChI is InChI=1S/C15H19N5O4S/c1-9(21)18-11(4-6-25-2)15(23)17-8-13-19-14(20-24-13)10-3-5-16-12(22)7-10/h3,5,7,11H,4,6,8H2,1-2H3,(H,16,22)(H,17,23)(H,18,21). The molecule has 0 aromatic carbocycles. The number of amides is 2. The molecule has 1 unspecified atom stereocenters. The van der Waals surface area contributed by atoms with Crippen molar-refractivity contribution in [1.82, 2.24) is 25.8 Å². The Labute approximate surface area is 148 Å². The van der Waals surface area contributed by atoms with E-state index in [0.717, 1.165) is 5.75 Å². The predicted molar refractivity (Wildman–Crippen MR) is 92.8 cm³/mol. The van der Waals surface area contributed by atoms with Gasteiger partial charge in [0.1, 0.15) is 6.04 Å². The monoisotopic (exact) mass is 365 g/mol. The van der Waals surface area contributed by atoms with Crippen molar-refractivity contribution in [2.24, 2.45) is 0 Å². The van der Waals surface area contributed by atoms with Crippen LogP contribution in [0.4, 0.5) is 0 Å². The number of thioether (sulfide) groups is 1. The van der Waals surface area contributed by atoms with E-state index in [2.05, 4.69) is 25.8 Å². The maximum absolute atomic E-state index is 12.2. The van der Waals surface area contributed by atoms with Crippen LogP contribution in [-0.2, 0) is 16.1 Å². The Hall–Kier alpha value is -2.62. The summed E-state index contributed by atoms with van der Waals surface area (Å²) in [6.45, 7) is 1.40. The van der Waals surface area contributed by atoms with Gasteiger partial charge in [0, 0.05) is 24.8 Å². The topological polar surface area (TPSA) is 130 Å². The molecule has 0 radical (unpaired) electrons. The summed E-state index contributed by atoms with van der Waals surface area (Å²) < 4.78 is 5.07. The number of aromatic nitrogens is 3. The van der Waals surface area contributed by atoms with Crippen molar-refractivity contribution in [3.63, 3.8) is 0 Å². The summed E-state index contributed by atoms with van der Waals surface area (Å²) in [7, 11) is 0. The molecule has 0 saturated carbocycles. The lowest BCUT2D eigenvalue weighted by Crippen LogP contribution is -2.46. The molecule has 2 amide bonds. The summed E-state index contributed by atoms with van der Waals surface area (Å²) in [5, 5.41) is 9.07. The first kappa shape index (κ1) is 18.7. The Morgan fingerprint density at radius 2 is 2.24 bits per heavy atom. The zero-order chi connectivity index (χ0) is 18.2. The summed E-state index contributed by atoms with van der Waals surface area (Å²) in [6.07, 6.45) is 3.94. The zero-order valence-electron chi connectivity index (χ0n) is 13.9. The third-order valence-corrected chi connectivity index (χ3v) is 3.86. The van der Waals surface area contributed by atoms with E-state index in [-0.39, 0.29) is 35.6 Å². The molecule has 25 heavy (non-hydrogen) atoms. The van der Waals surface area contributed by atoms with Crippen LogP contribution in [0.5, 0.6) is 0 Å². The van der Waals surface area contributed by atoms with Crippen LogP contribution in [0.25, 0.3) is 11.4 Å². The van der Waals surface area contributed by atoms with Gasteiger partial charge in [-0.3, -0.25) is 14.4 Å². The number of hydrogen-bond acceptors (Lipinski definition) is 7. The van der Waals surface area contributed by atoms with Crippen molar-refractivity contribution in [3.8, 4) is 11.4 Å². The summed E-state index contributed by atoms with van der Waals surface area (Å²) in [6, 6.07) is 2.38. The Balaban J connectivity index is 1.97. The van der Waals surface area contributed by atoms with E-state index in [0.29, 0.717) is 12.0 Å². The number of hydrogen-bond donors (Lipinski definition) is 3. The molecule has 10 heteroatoms. The first-order valence-electron chi connectivity index (χ1n) is 7.55. The van der Waals surface area contributed by atoms with Crippen molar-refractivity contribution in [1.29, 1.82) is 0 Å². The van der Waals surface area contributed by atoms with E-state index < -0.39 is 6.04 Å². The molecule has 0 saturated heterocycles. The molecule has 0 bridgehead atoms. The van der Waals surface area contributed by atoms with E-state index >= 15 is 0 Å². The van der Waals surface area contributed by atoms with Crippen LogP contribution in [0.2, 0.25) is 0 Å². The molecule has 9 nitrogen and oxygen atoms in total. The van der Waals surface area contributed by atoms with Crippen LogP contribution in [0.3, 0.4) is 0 Å². The zero-order valence-corrected chi connectivity index (χ0v) is 14.7. The first-order valence-corrected chi connectivity index (χ1v) is 8.94. The van der Waals surface area contributed by atoms with Crippen molar-refractivity contribution in [2.45, 2.75) is 25.9 Å². The summed E-state index contributed by atoms with van der Waals surface area (Å²) in [4.78, 5) is 41.4. The fourth-order valence-corrected chi connectivity index (χ4v) is 2.53. The number of nitrogens with zero attached hydrogens (tertiary/aromatic N) is 2. The van der Waals surface area contributed by atoms with Gasteiger partial charge in [-0.1, -0.05) is 5.16 Å². The highest BCUT2D eigenvalue weighted by Crippen LogP contribution is 2.12. The van der Waals surface area contributed by atoms with E-state index in [1.54, 1.807) is 17.8 Å². The van der Waals surface area contributed by atoms with Gasteiger partial charge >= 0.3 is 0 Å². The van der Waals surface area contributed by atoms with Crippen LogP contribution in [0.1, 0.15) is 19.2 Å².